The Morgan fingerprint density at radius 1 is 1.17 bits per heavy atom. The van der Waals surface area contributed by atoms with E-state index in [0.717, 1.165) is 4.68 Å². The van der Waals surface area contributed by atoms with E-state index in [1.54, 1.807) is 37.3 Å². The van der Waals surface area contributed by atoms with Crippen molar-refractivity contribution < 1.29 is 33.7 Å². The minimum absolute atomic E-state index is 0.0400. The van der Waals surface area contributed by atoms with E-state index in [2.05, 4.69) is 10.4 Å². The highest BCUT2D eigenvalue weighted by molar-refractivity contribution is 5.93. The molecule has 1 amide bonds. The van der Waals surface area contributed by atoms with Crippen molar-refractivity contribution in [2.24, 2.45) is 5.92 Å². The number of carbonyl (C=O) groups is 2. The second kappa shape index (κ2) is 11.2. The molecule has 0 bridgehead atoms. The Bertz CT molecular complexity index is 1220. The quantitative estimate of drug-likeness (QED) is 0.367. The lowest BCUT2D eigenvalue weighted by Crippen LogP contribution is -2.38. The zero-order valence-electron chi connectivity index (χ0n) is 20.6. The van der Waals surface area contributed by atoms with Crippen molar-refractivity contribution in [3.05, 3.63) is 71.7 Å². The van der Waals surface area contributed by atoms with Gasteiger partial charge in [0.1, 0.15) is 23.9 Å². The Morgan fingerprint density at radius 2 is 1.83 bits per heavy atom. The molecule has 3 N–H and O–H groups in total. The minimum Gasteiger partial charge on any atom is -0.496 e. The summed E-state index contributed by atoms with van der Waals surface area (Å²) >= 11 is 0. The van der Waals surface area contributed by atoms with Crippen molar-refractivity contribution >= 4 is 11.9 Å². The lowest BCUT2D eigenvalue weighted by Gasteiger charge is -2.27. The predicted octanol–water partition coefficient (Wildman–Crippen LogP) is 3.75. The molecule has 0 radical (unpaired) electrons. The van der Waals surface area contributed by atoms with Crippen molar-refractivity contribution in [2.45, 2.75) is 38.8 Å². The molecular formula is C26H30FN3O6. The number of carbonyl (C=O) groups excluding carboxylic acids is 1. The van der Waals surface area contributed by atoms with Crippen LogP contribution < -0.4 is 14.8 Å². The number of hydrogen-bond donors (Lipinski definition) is 3. The molecule has 192 valence electrons. The fourth-order valence-electron chi connectivity index (χ4n) is 3.36. The molecule has 36 heavy (non-hydrogen) atoms. The molecule has 3 aromatic rings. The average Bonchev–Trinajstić information content (AvgIpc) is 3.26. The fraction of sp³-hybridized carbons (Fsp3) is 0.346. The Labute approximate surface area is 208 Å². The monoisotopic (exact) mass is 499 g/mol. The highest BCUT2D eigenvalue weighted by Gasteiger charge is 2.28. The fourth-order valence-corrected chi connectivity index (χ4v) is 3.36. The molecule has 9 nitrogen and oxygen atoms in total. The van der Waals surface area contributed by atoms with Crippen LogP contribution in [0.2, 0.25) is 0 Å². The van der Waals surface area contributed by atoms with E-state index >= 15 is 0 Å². The van der Waals surface area contributed by atoms with Gasteiger partial charge in [0.15, 0.2) is 5.69 Å². The van der Waals surface area contributed by atoms with Crippen LogP contribution in [0, 0.1) is 11.7 Å². The van der Waals surface area contributed by atoms with Crippen molar-refractivity contribution in [1.29, 1.82) is 0 Å². The number of halogens is 1. The molecule has 0 aliphatic rings. The number of methoxy groups -OCH3 is 1. The van der Waals surface area contributed by atoms with Crippen molar-refractivity contribution in [3.63, 3.8) is 0 Å². The zero-order valence-corrected chi connectivity index (χ0v) is 20.6. The third-order valence-corrected chi connectivity index (χ3v) is 5.94. The standard InChI is InChI=1S/C26H30FN3O6/c1-16(2)26(3,34)15-36-23-13-20(29-30(23)21-11-7-6-10-18(21)27)25(33)28-19(14-24(31)32)17-9-5-8-12-22(17)35-4/h5-13,16,19,34H,14-15H2,1-4H3,(H,28,33)(H,31,32)/t19?,26-/m1/s1. The van der Waals surface area contributed by atoms with Crippen LogP contribution in [0.25, 0.3) is 5.69 Å². The van der Waals surface area contributed by atoms with E-state index in [1.165, 1.54) is 31.4 Å². The number of amides is 1. The van der Waals surface area contributed by atoms with Gasteiger partial charge in [0, 0.05) is 11.6 Å². The molecule has 1 unspecified atom stereocenters. The number of carboxylic acid groups (broad SMARTS) is 1. The van der Waals surface area contributed by atoms with E-state index in [4.69, 9.17) is 9.47 Å². The maximum absolute atomic E-state index is 14.6. The first-order chi connectivity index (χ1) is 17.0. The maximum Gasteiger partial charge on any atom is 0.305 e. The largest absolute Gasteiger partial charge is 0.496 e. The third kappa shape index (κ3) is 6.19. The topological polar surface area (TPSA) is 123 Å². The van der Waals surface area contributed by atoms with Gasteiger partial charge in [-0.05, 0) is 31.0 Å². The first kappa shape index (κ1) is 26.7. The summed E-state index contributed by atoms with van der Waals surface area (Å²) < 4.78 is 26.8. The Kier molecular flexibility index (Phi) is 8.31. The molecule has 0 spiro atoms. The number of carboxylic acids is 1. The van der Waals surface area contributed by atoms with Gasteiger partial charge in [-0.2, -0.15) is 9.78 Å². The normalized spacial score (nSPS) is 13.6. The first-order valence-corrected chi connectivity index (χ1v) is 11.4. The average molecular weight is 500 g/mol. The Morgan fingerprint density at radius 3 is 2.47 bits per heavy atom. The lowest BCUT2D eigenvalue weighted by atomic mass is 9.94. The van der Waals surface area contributed by atoms with Crippen molar-refractivity contribution in [1.82, 2.24) is 15.1 Å². The van der Waals surface area contributed by atoms with E-state index < -0.39 is 35.8 Å². The van der Waals surface area contributed by atoms with Crippen LogP contribution in [0.3, 0.4) is 0 Å². The number of nitrogens with zero attached hydrogens (tertiary/aromatic N) is 2. The van der Waals surface area contributed by atoms with Crippen LogP contribution in [0.1, 0.15) is 49.3 Å². The first-order valence-electron chi connectivity index (χ1n) is 11.4. The molecule has 1 aromatic heterocycles. The van der Waals surface area contributed by atoms with Gasteiger partial charge in [-0.15, -0.1) is 0 Å². The summed E-state index contributed by atoms with van der Waals surface area (Å²) in [5.41, 5.74) is -0.789. The maximum atomic E-state index is 14.6. The molecule has 2 aromatic carbocycles. The Balaban J connectivity index is 1.97. The molecule has 2 atom stereocenters. The number of aliphatic hydroxyl groups is 1. The van der Waals surface area contributed by atoms with E-state index in [1.807, 2.05) is 13.8 Å². The number of aromatic nitrogens is 2. The summed E-state index contributed by atoms with van der Waals surface area (Å²) in [5, 5.41) is 26.9. The second-order valence-electron chi connectivity index (χ2n) is 8.90. The number of nitrogens with one attached hydrogen (secondary N) is 1. The highest BCUT2D eigenvalue weighted by atomic mass is 19.1. The summed E-state index contributed by atoms with van der Waals surface area (Å²) in [6.45, 7) is 5.14. The molecule has 10 heteroatoms. The van der Waals surface area contributed by atoms with Crippen molar-refractivity contribution in [3.8, 4) is 17.3 Å². The lowest BCUT2D eigenvalue weighted by molar-refractivity contribution is -0.137. The number of ether oxygens (including phenoxy) is 2. The molecule has 0 aliphatic carbocycles. The predicted molar refractivity (Wildman–Crippen MR) is 130 cm³/mol. The third-order valence-electron chi connectivity index (χ3n) is 5.94. The van der Waals surface area contributed by atoms with Gasteiger partial charge in [-0.25, -0.2) is 4.39 Å². The number of benzene rings is 2. The van der Waals surface area contributed by atoms with E-state index in [9.17, 15) is 24.2 Å². The number of aliphatic carboxylic acids is 1. The van der Waals surface area contributed by atoms with Gasteiger partial charge in [-0.3, -0.25) is 9.59 Å². The minimum atomic E-state index is -1.19. The van der Waals surface area contributed by atoms with Gasteiger partial charge in [-0.1, -0.05) is 44.2 Å². The summed E-state index contributed by atoms with van der Waals surface area (Å²) in [5.74, 6) is -2.08. The van der Waals surface area contributed by atoms with Crippen LogP contribution >= 0.6 is 0 Å². The number of hydrogen-bond acceptors (Lipinski definition) is 6. The molecule has 1 heterocycles. The van der Waals surface area contributed by atoms with Crippen molar-refractivity contribution in [2.75, 3.05) is 13.7 Å². The Hall–Kier alpha value is -3.92. The molecule has 0 saturated carbocycles. The summed E-state index contributed by atoms with van der Waals surface area (Å²) in [4.78, 5) is 24.7. The van der Waals surface area contributed by atoms with Gasteiger partial charge in [0.25, 0.3) is 5.91 Å². The molecular weight excluding hydrogens is 469 g/mol. The summed E-state index contributed by atoms with van der Waals surface area (Å²) in [7, 11) is 1.45. The molecule has 0 fully saturated rings. The van der Waals surface area contributed by atoms with Crippen LogP contribution in [-0.2, 0) is 4.79 Å². The zero-order chi connectivity index (χ0) is 26.5. The van der Waals surface area contributed by atoms with Gasteiger partial charge >= 0.3 is 5.97 Å². The summed E-state index contributed by atoms with van der Waals surface area (Å²) in [6.07, 6.45) is -0.402. The van der Waals surface area contributed by atoms with Gasteiger partial charge in [0.05, 0.1) is 25.2 Å². The molecule has 0 saturated heterocycles. The molecule has 0 aliphatic heterocycles. The van der Waals surface area contributed by atoms with E-state index in [0.29, 0.717) is 11.3 Å². The summed E-state index contributed by atoms with van der Waals surface area (Å²) in [6, 6.07) is 13.0. The highest BCUT2D eigenvalue weighted by Crippen LogP contribution is 2.29. The van der Waals surface area contributed by atoms with Crippen LogP contribution in [0.15, 0.2) is 54.6 Å². The van der Waals surface area contributed by atoms with Gasteiger partial charge in [0.2, 0.25) is 5.88 Å². The number of rotatable bonds is 11. The SMILES string of the molecule is COc1ccccc1C(CC(=O)O)NC(=O)c1cc(OC[C@@](C)(O)C(C)C)n(-c2ccccc2F)n1. The molecule has 3 rings (SSSR count). The number of para-hydroxylation sites is 2. The van der Waals surface area contributed by atoms with E-state index in [-0.39, 0.29) is 29.8 Å². The van der Waals surface area contributed by atoms with Crippen LogP contribution in [0.4, 0.5) is 4.39 Å². The van der Waals surface area contributed by atoms with Gasteiger partial charge < -0.3 is 25.0 Å². The second-order valence-corrected chi connectivity index (χ2v) is 8.90. The van der Waals surface area contributed by atoms with Crippen LogP contribution in [-0.4, -0.2) is 51.2 Å². The van der Waals surface area contributed by atoms with Crippen LogP contribution in [0.5, 0.6) is 11.6 Å². The smallest absolute Gasteiger partial charge is 0.305 e.